The zero-order valence-corrected chi connectivity index (χ0v) is 17.5. The minimum Gasteiger partial charge on any atom is -0.376 e. The van der Waals surface area contributed by atoms with Crippen molar-refractivity contribution in [1.29, 1.82) is 0 Å². The van der Waals surface area contributed by atoms with E-state index in [4.69, 9.17) is 4.74 Å². The molecule has 29 heavy (non-hydrogen) atoms. The molecular formula is C19H23N3O5S2. The van der Waals surface area contributed by atoms with E-state index in [-0.39, 0.29) is 40.9 Å². The Balaban J connectivity index is 1.52. The fourth-order valence-corrected chi connectivity index (χ4v) is 6.21. The second-order valence-electron chi connectivity index (χ2n) is 7.42. The highest BCUT2D eigenvalue weighted by atomic mass is 32.2. The molecule has 0 saturated carbocycles. The second kappa shape index (κ2) is 8.45. The van der Waals surface area contributed by atoms with E-state index in [2.05, 4.69) is 10.3 Å². The van der Waals surface area contributed by atoms with Crippen molar-refractivity contribution in [2.75, 3.05) is 23.9 Å². The number of benzene rings is 1. The van der Waals surface area contributed by atoms with Gasteiger partial charge < -0.3 is 10.1 Å². The third kappa shape index (κ3) is 4.81. The third-order valence-corrected chi connectivity index (χ3v) is 7.91. The molecule has 0 bridgehead atoms. The van der Waals surface area contributed by atoms with Crippen LogP contribution in [0.4, 0.5) is 0 Å². The van der Waals surface area contributed by atoms with Crippen LogP contribution < -0.4 is 10.9 Å². The molecule has 2 fully saturated rings. The molecule has 1 amide bonds. The van der Waals surface area contributed by atoms with Crippen LogP contribution in [0, 0.1) is 0 Å². The van der Waals surface area contributed by atoms with Crippen LogP contribution in [0.25, 0.3) is 10.9 Å². The molecular weight excluding hydrogens is 414 g/mol. The van der Waals surface area contributed by atoms with Crippen LogP contribution >= 0.6 is 11.8 Å². The Bertz CT molecular complexity index is 1080. The Labute approximate surface area is 172 Å². The average Bonchev–Trinajstić information content (AvgIpc) is 3.32. The minimum absolute atomic E-state index is 0.0125. The quantitative estimate of drug-likeness (QED) is 0.530. The van der Waals surface area contributed by atoms with Crippen LogP contribution in [0.1, 0.15) is 19.3 Å². The topological polar surface area (TPSA) is 107 Å². The van der Waals surface area contributed by atoms with E-state index in [0.717, 1.165) is 12.8 Å². The standard InChI is InChI=1S/C19H23N3O5S2/c23-17(20-13-7-9-29(25,26)12-13)11-28-19-21-16-6-2-1-5-15(16)18(24)22(19)10-14-4-3-8-27-14/h1-2,5-6,13-14H,3-4,7-12H2,(H,20,23)/t13-,14+/m0/s1. The van der Waals surface area contributed by atoms with Gasteiger partial charge in [-0.05, 0) is 31.4 Å². The molecule has 4 rings (SSSR count). The fourth-order valence-electron chi connectivity index (χ4n) is 3.72. The summed E-state index contributed by atoms with van der Waals surface area (Å²) in [6, 6.07) is 6.81. The molecule has 1 N–H and O–H groups in total. The highest BCUT2D eigenvalue weighted by Crippen LogP contribution is 2.21. The van der Waals surface area contributed by atoms with Gasteiger partial charge in [0.2, 0.25) is 5.91 Å². The van der Waals surface area contributed by atoms with Crippen molar-refractivity contribution in [2.45, 2.75) is 43.1 Å². The van der Waals surface area contributed by atoms with Gasteiger partial charge in [-0.25, -0.2) is 13.4 Å². The molecule has 2 atom stereocenters. The van der Waals surface area contributed by atoms with E-state index in [9.17, 15) is 18.0 Å². The largest absolute Gasteiger partial charge is 0.376 e. The monoisotopic (exact) mass is 437 g/mol. The Morgan fingerprint density at radius 3 is 2.86 bits per heavy atom. The number of sulfone groups is 1. The van der Waals surface area contributed by atoms with E-state index in [1.54, 1.807) is 22.8 Å². The Morgan fingerprint density at radius 2 is 2.14 bits per heavy atom. The van der Waals surface area contributed by atoms with Gasteiger partial charge in [0.1, 0.15) is 0 Å². The smallest absolute Gasteiger partial charge is 0.262 e. The van der Waals surface area contributed by atoms with E-state index in [1.807, 2.05) is 6.07 Å². The van der Waals surface area contributed by atoms with Crippen molar-refractivity contribution in [3.63, 3.8) is 0 Å². The minimum atomic E-state index is -3.05. The van der Waals surface area contributed by atoms with Gasteiger partial charge in [0.25, 0.3) is 5.56 Å². The molecule has 1 aromatic carbocycles. The number of hydrogen-bond acceptors (Lipinski definition) is 7. The van der Waals surface area contributed by atoms with Gasteiger partial charge in [-0.1, -0.05) is 23.9 Å². The Hall–Kier alpha value is -1.91. The van der Waals surface area contributed by atoms with Crippen LogP contribution in [0.2, 0.25) is 0 Å². The summed E-state index contributed by atoms with van der Waals surface area (Å²) < 4.78 is 30.4. The molecule has 10 heteroatoms. The van der Waals surface area contributed by atoms with Crippen molar-refractivity contribution < 1.29 is 17.9 Å². The lowest BCUT2D eigenvalue weighted by atomic mass is 10.2. The molecule has 2 aromatic rings. The van der Waals surface area contributed by atoms with E-state index in [1.165, 1.54) is 11.8 Å². The molecule has 0 unspecified atom stereocenters. The number of aromatic nitrogens is 2. The molecule has 0 spiro atoms. The van der Waals surface area contributed by atoms with Gasteiger partial charge in [-0.3, -0.25) is 14.2 Å². The van der Waals surface area contributed by atoms with Gasteiger partial charge in [0.15, 0.2) is 15.0 Å². The maximum Gasteiger partial charge on any atom is 0.262 e. The van der Waals surface area contributed by atoms with E-state index < -0.39 is 9.84 Å². The average molecular weight is 438 g/mol. The molecule has 0 radical (unpaired) electrons. The summed E-state index contributed by atoms with van der Waals surface area (Å²) >= 11 is 1.19. The van der Waals surface area contributed by atoms with Crippen LogP contribution in [-0.4, -0.2) is 59.9 Å². The van der Waals surface area contributed by atoms with Gasteiger partial charge in [-0.15, -0.1) is 0 Å². The molecule has 3 heterocycles. The molecule has 1 aromatic heterocycles. The molecule has 2 aliphatic rings. The predicted molar refractivity (Wildman–Crippen MR) is 111 cm³/mol. The number of amides is 1. The Morgan fingerprint density at radius 1 is 1.31 bits per heavy atom. The summed E-state index contributed by atoms with van der Waals surface area (Å²) in [4.78, 5) is 29.9. The van der Waals surface area contributed by atoms with Crippen molar-refractivity contribution >= 4 is 38.4 Å². The first-order chi connectivity index (χ1) is 13.9. The number of hydrogen-bond donors (Lipinski definition) is 1. The lowest BCUT2D eigenvalue weighted by Crippen LogP contribution is -2.37. The number of nitrogens with one attached hydrogen (secondary N) is 1. The van der Waals surface area contributed by atoms with Crippen LogP contribution in [-0.2, 0) is 25.9 Å². The second-order valence-corrected chi connectivity index (χ2v) is 10.6. The van der Waals surface area contributed by atoms with Crippen LogP contribution in [0.5, 0.6) is 0 Å². The van der Waals surface area contributed by atoms with Crippen molar-refractivity contribution in [3.8, 4) is 0 Å². The summed E-state index contributed by atoms with van der Waals surface area (Å²) in [5.74, 6) is -0.102. The number of carbonyl (C=O) groups excluding carboxylic acids is 1. The number of ether oxygens (including phenoxy) is 1. The first-order valence-corrected chi connectivity index (χ1v) is 12.5. The number of fused-ring (bicyclic) bond motifs is 1. The highest BCUT2D eigenvalue weighted by Gasteiger charge is 2.29. The summed E-state index contributed by atoms with van der Waals surface area (Å²) in [6.07, 6.45) is 2.26. The maximum absolute atomic E-state index is 13.0. The number of para-hydroxylation sites is 1. The summed E-state index contributed by atoms with van der Waals surface area (Å²) in [7, 11) is -3.05. The highest BCUT2D eigenvalue weighted by molar-refractivity contribution is 7.99. The van der Waals surface area contributed by atoms with Crippen LogP contribution in [0.15, 0.2) is 34.2 Å². The van der Waals surface area contributed by atoms with Gasteiger partial charge in [0.05, 0.1) is 40.8 Å². The third-order valence-electron chi connectivity index (χ3n) is 5.17. The predicted octanol–water partition coefficient (Wildman–Crippen LogP) is 0.971. The molecule has 156 valence electrons. The molecule has 2 saturated heterocycles. The molecule has 8 nitrogen and oxygen atoms in total. The van der Waals surface area contributed by atoms with Gasteiger partial charge in [-0.2, -0.15) is 0 Å². The number of carbonyl (C=O) groups is 1. The molecule has 2 aliphatic heterocycles. The first-order valence-electron chi connectivity index (χ1n) is 9.65. The summed E-state index contributed by atoms with van der Waals surface area (Å²) in [5, 5.41) is 3.78. The summed E-state index contributed by atoms with van der Waals surface area (Å²) in [6.45, 7) is 1.09. The maximum atomic E-state index is 13.0. The number of thioether (sulfide) groups is 1. The van der Waals surface area contributed by atoms with E-state index in [0.29, 0.717) is 35.6 Å². The van der Waals surface area contributed by atoms with Crippen molar-refractivity contribution in [1.82, 2.24) is 14.9 Å². The number of rotatable bonds is 6. The SMILES string of the molecule is O=C(CSc1nc2ccccc2c(=O)n1C[C@H]1CCCO1)N[C@H]1CCS(=O)(=O)C1. The van der Waals surface area contributed by atoms with E-state index >= 15 is 0 Å². The van der Waals surface area contributed by atoms with Gasteiger partial charge in [0, 0.05) is 12.6 Å². The number of nitrogens with zero attached hydrogens (tertiary/aromatic N) is 2. The molecule has 0 aliphatic carbocycles. The lowest BCUT2D eigenvalue weighted by Gasteiger charge is -2.17. The van der Waals surface area contributed by atoms with Gasteiger partial charge >= 0.3 is 0 Å². The normalized spacial score (nSPS) is 23.4. The Kier molecular flexibility index (Phi) is 5.93. The first kappa shape index (κ1) is 20.4. The fraction of sp³-hybridized carbons (Fsp3) is 0.526. The van der Waals surface area contributed by atoms with Crippen molar-refractivity contribution in [2.24, 2.45) is 0 Å². The lowest BCUT2D eigenvalue weighted by molar-refractivity contribution is -0.119. The van der Waals surface area contributed by atoms with Crippen LogP contribution in [0.3, 0.4) is 0 Å². The van der Waals surface area contributed by atoms with Crippen molar-refractivity contribution in [3.05, 3.63) is 34.6 Å². The zero-order valence-electron chi connectivity index (χ0n) is 15.9. The summed E-state index contributed by atoms with van der Waals surface area (Å²) in [5.41, 5.74) is 0.446. The zero-order chi connectivity index (χ0) is 20.4.